The number of nitrogens with one attached hydrogen (secondary N) is 1. The largest absolute Gasteiger partial charge is 0.478 e. The van der Waals surface area contributed by atoms with Gasteiger partial charge in [0.1, 0.15) is 5.82 Å². The van der Waals surface area contributed by atoms with Gasteiger partial charge in [0.25, 0.3) is 0 Å². The average Bonchev–Trinajstić information content (AvgIpc) is 2.48. The molecular formula is C15H12FNO3S. The van der Waals surface area contributed by atoms with Crippen molar-refractivity contribution in [2.45, 2.75) is 4.90 Å². The third kappa shape index (κ3) is 4.32. The molecule has 0 aromatic heterocycles. The third-order valence-corrected chi connectivity index (χ3v) is 3.63. The summed E-state index contributed by atoms with van der Waals surface area (Å²) < 4.78 is 13.4. The van der Waals surface area contributed by atoms with Crippen molar-refractivity contribution in [3.8, 4) is 0 Å². The molecular weight excluding hydrogens is 293 g/mol. The molecule has 2 N–H and O–H groups in total. The van der Waals surface area contributed by atoms with E-state index >= 15 is 0 Å². The average molecular weight is 305 g/mol. The van der Waals surface area contributed by atoms with Crippen LogP contribution in [-0.2, 0) is 4.79 Å². The molecule has 0 atom stereocenters. The van der Waals surface area contributed by atoms with Gasteiger partial charge in [-0.05, 0) is 36.4 Å². The highest BCUT2D eigenvalue weighted by Gasteiger charge is 2.07. The van der Waals surface area contributed by atoms with E-state index in [1.54, 1.807) is 24.3 Å². The second-order valence-corrected chi connectivity index (χ2v) is 5.19. The Bertz CT molecular complexity index is 658. The highest BCUT2D eigenvalue weighted by molar-refractivity contribution is 8.00. The van der Waals surface area contributed by atoms with Gasteiger partial charge >= 0.3 is 5.97 Å². The lowest BCUT2D eigenvalue weighted by Gasteiger charge is -2.06. The van der Waals surface area contributed by atoms with Gasteiger partial charge in [0.15, 0.2) is 0 Å². The fraction of sp³-hybridized carbons (Fsp3) is 0.0667. The molecule has 0 aliphatic rings. The monoisotopic (exact) mass is 305 g/mol. The van der Waals surface area contributed by atoms with E-state index in [9.17, 15) is 14.0 Å². The third-order valence-electron chi connectivity index (χ3n) is 2.62. The highest BCUT2D eigenvalue weighted by atomic mass is 32.2. The number of carboxylic acid groups (broad SMARTS) is 1. The molecule has 0 aliphatic carbocycles. The number of amides is 1. The first-order valence-electron chi connectivity index (χ1n) is 6.07. The molecule has 2 aromatic rings. The number of carbonyl (C=O) groups is 2. The van der Waals surface area contributed by atoms with Gasteiger partial charge in [-0.3, -0.25) is 4.79 Å². The van der Waals surface area contributed by atoms with Gasteiger partial charge in [0, 0.05) is 4.90 Å². The lowest BCUT2D eigenvalue weighted by atomic mass is 10.2. The quantitative estimate of drug-likeness (QED) is 0.832. The Morgan fingerprint density at radius 2 is 1.76 bits per heavy atom. The number of carboxylic acids is 1. The number of anilines is 1. The summed E-state index contributed by atoms with van der Waals surface area (Å²) in [5.41, 5.74) is 0.333. The summed E-state index contributed by atoms with van der Waals surface area (Å²) in [5, 5.41) is 11.3. The first-order valence-corrected chi connectivity index (χ1v) is 7.05. The van der Waals surface area contributed by atoms with Crippen LogP contribution in [-0.4, -0.2) is 22.7 Å². The van der Waals surface area contributed by atoms with Crippen LogP contribution in [0.25, 0.3) is 0 Å². The normalized spacial score (nSPS) is 10.1. The van der Waals surface area contributed by atoms with Gasteiger partial charge in [-0.25, -0.2) is 9.18 Å². The van der Waals surface area contributed by atoms with E-state index in [0.29, 0.717) is 0 Å². The Morgan fingerprint density at radius 1 is 1.10 bits per heavy atom. The Hall–Kier alpha value is -2.34. The second kappa shape index (κ2) is 6.90. The summed E-state index contributed by atoms with van der Waals surface area (Å²) >= 11 is 1.25. The minimum atomic E-state index is -0.996. The Kier molecular flexibility index (Phi) is 4.94. The summed E-state index contributed by atoms with van der Waals surface area (Å²) in [6, 6.07) is 12.1. The number of rotatable bonds is 5. The van der Waals surface area contributed by atoms with E-state index in [4.69, 9.17) is 5.11 Å². The van der Waals surface area contributed by atoms with Crippen molar-refractivity contribution in [3.05, 3.63) is 59.9 Å². The lowest BCUT2D eigenvalue weighted by molar-refractivity contribution is -0.113. The van der Waals surface area contributed by atoms with Crippen LogP contribution in [0.4, 0.5) is 10.1 Å². The van der Waals surface area contributed by atoms with Crippen molar-refractivity contribution in [1.29, 1.82) is 0 Å². The maximum absolute atomic E-state index is 13.4. The summed E-state index contributed by atoms with van der Waals surface area (Å²) in [7, 11) is 0. The van der Waals surface area contributed by atoms with Crippen molar-refractivity contribution in [3.63, 3.8) is 0 Å². The van der Waals surface area contributed by atoms with Crippen LogP contribution in [0.5, 0.6) is 0 Å². The van der Waals surface area contributed by atoms with Crippen LogP contribution < -0.4 is 5.32 Å². The molecule has 0 bridgehead atoms. The van der Waals surface area contributed by atoms with Crippen LogP contribution in [0.2, 0.25) is 0 Å². The number of thioether (sulfide) groups is 1. The van der Waals surface area contributed by atoms with E-state index in [1.165, 1.54) is 36.0 Å². The predicted octanol–water partition coefficient (Wildman–Crippen LogP) is 3.25. The molecule has 108 valence electrons. The fourth-order valence-electron chi connectivity index (χ4n) is 1.59. The zero-order valence-corrected chi connectivity index (χ0v) is 11.7. The first-order chi connectivity index (χ1) is 10.1. The van der Waals surface area contributed by atoms with Gasteiger partial charge < -0.3 is 10.4 Å². The number of benzene rings is 2. The van der Waals surface area contributed by atoms with E-state index in [-0.39, 0.29) is 22.9 Å². The Labute approximate surface area is 125 Å². The maximum atomic E-state index is 13.4. The minimum absolute atomic E-state index is 0.112. The molecule has 21 heavy (non-hydrogen) atoms. The minimum Gasteiger partial charge on any atom is -0.478 e. The fourth-order valence-corrected chi connectivity index (χ4v) is 2.29. The van der Waals surface area contributed by atoms with Crippen molar-refractivity contribution >= 4 is 29.3 Å². The van der Waals surface area contributed by atoms with Crippen LogP contribution in [0.15, 0.2) is 53.4 Å². The SMILES string of the molecule is O=C(CSc1ccc(C(=O)O)cc1)Nc1ccccc1F. The molecule has 0 unspecified atom stereocenters. The molecule has 0 heterocycles. The Balaban J connectivity index is 1.89. The van der Waals surface area contributed by atoms with E-state index < -0.39 is 11.8 Å². The Morgan fingerprint density at radius 3 is 2.38 bits per heavy atom. The summed E-state index contributed by atoms with van der Waals surface area (Å²) in [4.78, 5) is 23.2. The van der Waals surface area contributed by atoms with Crippen LogP contribution in [0.1, 0.15) is 10.4 Å². The van der Waals surface area contributed by atoms with Gasteiger partial charge in [0.05, 0.1) is 17.0 Å². The molecule has 1 amide bonds. The summed E-state index contributed by atoms with van der Waals surface area (Å²) in [5.74, 6) is -1.70. The molecule has 6 heteroatoms. The van der Waals surface area contributed by atoms with Gasteiger partial charge in [-0.1, -0.05) is 12.1 Å². The van der Waals surface area contributed by atoms with Crippen molar-refractivity contribution < 1.29 is 19.1 Å². The molecule has 0 radical (unpaired) electrons. The summed E-state index contributed by atoms with van der Waals surface area (Å²) in [6.45, 7) is 0. The highest BCUT2D eigenvalue weighted by Crippen LogP contribution is 2.19. The number of halogens is 1. The molecule has 0 spiro atoms. The van der Waals surface area contributed by atoms with Gasteiger partial charge in [0.2, 0.25) is 5.91 Å². The molecule has 0 saturated carbocycles. The van der Waals surface area contributed by atoms with Gasteiger partial charge in [-0.2, -0.15) is 0 Å². The first kappa shape index (κ1) is 15.1. The molecule has 0 saturated heterocycles. The zero-order chi connectivity index (χ0) is 15.2. The molecule has 2 rings (SSSR count). The molecule has 4 nitrogen and oxygen atoms in total. The topological polar surface area (TPSA) is 66.4 Å². The van der Waals surface area contributed by atoms with Crippen molar-refractivity contribution in [2.75, 3.05) is 11.1 Å². The number of hydrogen-bond donors (Lipinski definition) is 2. The van der Waals surface area contributed by atoms with Crippen LogP contribution in [0, 0.1) is 5.82 Å². The number of aromatic carboxylic acids is 1. The molecule has 2 aromatic carbocycles. The smallest absolute Gasteiger partial charge is 0.335 e. The number of para-hydroxylation sites is 1. The van der Waals surface area contributed by atoms with Gasteiger partial charge in [-0.15, -0.1) is 11.8 Å². The molecule has 0 fully saturated rings. The maximum Gasteiger partial charge on any atom is 0.335 e. The van der Waals surface area contributed by atoms with Crippen LogP contribution in [0.3, 0.4) is 0 Å². The second-order valence-electron chi connectivity index (χ2n) is 4.15. The van der Waals surface area contributed by atoms with E-state index in [0.717, 1.165) is 4.90 Å². The van der Waals surface area contributed by atoms with Crippen molar-refractivity contribution in [2.24, 2.45) is 0 Å². The van der Waals surface area contributed by atoms with Crippen LogP contribution >= 0.6 is 11.8 Å². The van der Waals surface area contributed by atoms with Crippen molar-refractivity contribution in [1.82, 2.24) is 0 Å². The number of carbonyl (C=O) groups excluding carboxylic acids is 1. The number of hydrogen-bond acceptors (Lipinski definition) is 3. The zero-order valence-electron chi connectivity index (χ0n) is 10.9. The lowest BCUT2D eigenvalue weighted by Crippen LogP contribution is -2.14. The standard InChI is InChI=1S/C15H12FNO3S/c16-12-3-1-2-4-13(12)17-14(18)9-21-11-7-5-10(6-8-11)15(19)20/h1-8H,9H2,(H,17,18)(H,19,20). The van der Waals surface area contributed by atoms with E-state index in [1.807, 2.05) is 0 Å². The predicted molar refractivity (Wildman–Crippen MR) is 79.2 cm³/mol. The summed E-state index contributed by atoms with van der Waals surface area (Å²) in [6.07, 6.45) is 0. The molecule has 0 aliphatic heterocycles. The van der Waals surface area contributed by atoms with E-state index in [2.05, 4.69) is 5.32 Å².